The van der Waals surface area contributed by atoms with E-state index >= 15 is 0 Å². The largest absolute Gasteiger partial charge is 1.00 e. The minimum atomic E-state index is -0.389. The molecule has 0 unspecified atom stereocenters. The summed E-state index contributed by atoms with van der Waals surface area (Å²) in [5.74, 6) is -0.267. The van der Waals surface area contributed by atoms with E-state index in [9.17, 15) is 9.59 Å². The molecular weight excluding hydrogens is 279 g/mol. The van der Waals surface area contributed by atoms with Crippen LogP contribution < -0.4 is 29.6 Å². The molecule has 0 spiro atoms. The molecule has 3 amide bonds. The molecule has 0 N–H and O–H groups in total. The van der Waals surface area contributed by atoms with Gasteiger partial charge in [0.15, 0.2) is 0 Å². The monoisotopic (exact) mass is 280 g/mol. The molecule has 0 atom stereocenters. The van der Waals surface area contributed by atoms with Gasteiger partial charge in [0.25, 0.3) is 5.91 Å². The third kappa shape index (κ3) is 1.94. The molecule has 1 heterocycles. The topological polar surface area (TPSA) is 40.6 Å². The molecule has 0 aliphatic carbocycles. The van der Waals surface area contributed by atoms with E-state index in [1.54, 1.807) is 0 Å². The molecule has 52 valence electrons. The molecule has 0 aromatic carbocycles. The number of carbonyl (C=O) groups is 2. The van der Waals surface area contributed by atoms with E-state index in [1.165, 1.54) is 0 Å². The fraction of sp³-hybridized carbons (Fsp3) is 0.333. The number of halogens is 2. The van der Waals surface area contributed by atoms with Crippen LogP contribution in [0.2, 0.25) is 0 Å². The zero-order valence-corrected chi connectivity index (χ0v) is 10.3. The van der Waals surface area contributed by atoms with Crippen molar-refractivity contribution >= 4 is 44.2 Å². The Morgan fingerprint density at radius 1 is 1.40 bits per heavy atom. The van der Waals surface area contributed by atoms with Crippen LogP contribution in [-0.2, 0) is 4.79 Å². The third-order valence-corrected chi connectivity index (χ3v) is 2.12. The molecule has 7 heteroatoms. The predicted octanol–water partition coefficient (Wildman–Crippen LogP) is -2.01. The maximum atomic E-state index is 10.7. The normalized spacial score (nSPS) is 17.8. The van der Waals surface area contributed by atoms with E-state index in [2.05, 4.69) is 32.3 Å². The first-order chi connectivity index (χ1) is 4.13. The Hall–Kier alpha value is 0.900. The van der Waals surface area contributed by atoms with Crippen molar-refractivity contribution in [3.05, 3.63) is 0 Å². The van der Waals surface area contributed by atoms with E-state index in [-0.39, 0.29) is 49.5 Å². The summed E-state index contributed by atoms with van der Waals surface area (Å²) in [4.78, 5) is 21.2. The standard InChI is InChI=1S/C3H2Br2N2O2.Na.H/c4-6-1-2(8)7(5)3(6)9;;/h1H2;;/q;+1;-1. The van der Waals surface area contributed by atoms with Gasteiger partial charge in [-0.1, -0.05) is 0 Å². The summed E-state index contributed by atoms with van der Waals surface area (Å²) in [7, 11) is 0. The average molecular weight is 282 g/mol. The summed E-state index contributed by atoms with van der Waals surface area (Å²) in [6, 6.07) is -0.389. The van der Waals surface area contributed by atoms with Crippen molar-refractivity contribution in [3.8, 4) is 0 Å². The van der Waals surface area contributed by atoms with Gasteiger partial charge in [-0.3, -0.25) is 4.79 Å². The molecule has 0 radical (unpaired) electrons. The average Bonchev–Trinajstić information content (AvgIpc) is 1.98. The minimum Gasteiger partial charge on any atom is -1.00 e. The Balaban J connectivity index is 0. The van der Waals surface area contributed by atoms with Gasteiger partial charge in [-0.25, -0.2) is 8.72 Å². The molecule has 0 saturated carbocycles. The summed E-state index contributed by atoms with van der Waals surface area (Å²) in [5.41, 5.74) is 0. The number of amides is 3. The second-order valence-electron chi connectivity index (χ2n) is 1.48. The van der Waals surface area contributed by atoms with Crippen LogP contribution in [0.25, 0.3) is 0 Å². The summed E-state index contributed by atoms with van der Waals surface area (Å²) >= 11 is 5.65. The molecule has 1 aliphatic rings. The fourth-order valence-electron chi connectivity index (χ4n) is 0.450. The zero-order valence-electron chi connectivity index (χ0n) is 6.17. The van der Waals surface area contributed by atoms with Crippen LogP contribution in [0.3, 0.4) is 0 Å². The summed E-state index contributed by atoms with van der Waals surface area (Å²) in [5, 5.41) is 0. The van der Waals surface area contributed by atoms with Crippen molar-refractivity contribution in [1.82, 2.24) is 7.85 Å². The quantitative estimate of drug-likeness (QED) is 0.292. The smallest absolute Gasteiger partial charge is 1.00 e. The van der Waals surface area contributed by atoms with Crippen LogP contribution in [0.4, 0.5) is 4.79 Å². The van der Waals surface area contributed by atoms with E-state index in [4.69, 9.17) is 0 Å². The molecule has 1 saturated heterocycles. The molecule has 0 aromatic rings. The minimum absolute atomic E-state index is 0. The Morgan fingerprint density at radius 2 is 1.90 bits per heavy atom. The summed E-state index contributed by atoms with van der Waals surface area (Å²) in [6.45, 7) is 0.0874. The molecule has 10 heavy (non-hydrogen) atoms. The van der Waals surface area contributed by atoms with Crippen LogP contribution in [0.15, 0.2) is 0 Å². The maximum Gasteiger partial charge on any atom is 1.00 e. The van der Waals surface area contributed by atoms with Gasteiger partial charge in [0.1, 0.15) is 6.54 Å². The second kappa shape index (κ2) is 4.06. The Morgan fingerprint density at radius 3 is 2.00 bits per heavy atom. The first kappa shape index (κ1) is 10.9. The van der Waals surface area contributed by atoms with Crippen LogP contribution in [0.1, 0.15) is 1.43 Å². The molecular formula is C3H3Br2N2NaO2. The molecule has 0 bridgehead atoms. The molecule has 1 rings (SSSR count). The Kier molecular flexibility index (Phi) is 4.42. The first-order valence-corrected chi connectivity index (χ1v) is 3.51. The van der Waals surface area contributed by atoms with Gasteiger partial charge in [0.2, 0.25) is 0 Å². The van der Waals surface area contributed by atoms with Crippen molar-refractivity contribution in [2.45, 2.75) is 0 Å². The van der Waals surface area contributed by atoms with Crippen LogP contribution in [-0.4, -0.2) is 26.3 Å². The van der Waals surface area contributed by atoms with E-state index in [0.717, 1.165) is 7.85 Å². The zero-order chi connectivity index (χ0) is 7.02. The third-order valence-electron chi connectivity index (χ3n) is 0.869. The van der Waals surface area contributed by atoms with Crippen molar-refractivity contribution in [2.24, 2.45) is 0 Å². The first-order valence-electron chi connectivity index (χ1n) is 2.09. The van der Waals surface area contributed by atoms with Gasteiger partial charge in [0, 0.05) is 0 Å². The van der Waals surface area contributed by atoms with Gasteiger partial charge in [-0.15, -0.1) is 0 Å². The van der Waals surface area contributed by atoms with Crippen LogP contribution >= 0.6 is 32.3 Å². The van der Waals surface area contributed by atoms with Gasteiger partial charge >= 0.3 is 35.6 Å². The van der Waals surface area contributed by atoms with Gasteiger partial charge in [-0.05, 0) is 0 Å². The van der Waals surface area contributed by atoms with E-state index in [1.807, 2.05) is 0 Å². The second-order valence-corrected chi connectivity index (χ2v) is 3.04. The Bertz CT molecular complexity index is 181. The number of hydrogen-bond donors (Lipinski definition) is 0. The Labute approximate surface area is 98.4 Å². The van der Waals surface area contributed by atoms with Gasteiger partial charge in [-0.2, -0.15) is 3.93 Å². The molecule has 4 nitrogen and oxygen atoms in total. The molecule has 1 aliphatic heterocycles. The maximum absolute atomic E-state index is 10.7. The number of imide groups is 1. The fourth-order valence-corrected chi connectivity index (χ4v) is 1.34. The van der Waals surface area contributed by atoms with Crippen molar-refractivity contribution in [2.75, 3.05) is 6.54 Å². The number of nitrogens with zero attached hydrogens (tertiary/aromatic N) is 2. The SMILES string of the molecule is O=C1CN(Br)C(=O)N1Br.[H-].[Na+]. The van der Waals surface area contributed by atoms with Crippen molar-refractivity contribution < 1.29 is 40.6 Å². The number of hydrogen-bond acceptors (Lipinski definition) is 2. The number of carbonyl (C=O) groups excluding carboxylic acids is 2. The van der Waals surface area contributed by atoms with Crippen LogP contribution in [0.5, 0.6) is 0 Å². The van der Waals surface area contributed by atoms with E-state index < -0.39 is 0 Å². The van der Waals surface area contributed by atoms with Gasteiger partial charge in [0.05, 0.1) is 32.3 Å². The molecule has 0 aromatic heterocycles. The van der Waals surface area contributed by atoms with E-state index in [0.29, 0.717) is 0 Å². The summed E-state index contributed by atoms with van der Waals surface area (Å²) < 4.78 is 2.02. The number of urea groups is 1. The van der Waals surface area contributed by atoms with Crippen molar-refractivity contribution in [1.29, 1.82) is 0 Å². The number of rotatable bonds is 0. The van der Waals surface area contributed by atoms with Crippen LogP contribution in [0, 0.1) is 0 Å². The van der Waals surface area contributed by atoms with Crippen molar-refractivity contribution in [3.63, 3.8) is 0 Å². The predicted molar refractivity (Wildman–Crippen MR) is 37.9 cm³/mol. The molecule has 1 fully saturated rings. The van der Waals surface area contributed by atoms with Gasteiger partial charge < -0.3 is 1.43 Å². The summed E-state index contributed by atoms with van der Waals surface area (Å²) in [6.07, 6.45) is 0.